The third-order valence-corrected chi connectivity index (χ3v) is 4.94. The second-order valence-electron chi connectivity index (χ2n) is 5.44. The van der Waals surface area contributed by atoms with Crippen LogP contribution in [0.1, 0.15) is 38.2 Å². The maximum absolute atomic E-state index is 12.0. The van der Waals surface area contributed by atoms with E-state index in [1.807, 2.05) is 19.1 Å². The van der Waals surface area contributed by atoms with Crippen molar-refractivity contribution in [1.82, 2.24) is 9.97 Å². The van der Waals surface area contributed by atoms with Gasteiger partial charge in [0, 0.05) is 22.7 Å². The predicted octanol–water partition coefficient (Wildman–Crippen LogP) is 3.18. The Morgan fingerprint density at radius 2 is 2.08 bits per heavy atom. The summed E-state index contributed by atoms with van der Waals surface area (Å²) in [6.07, 6.45) is 1.61. The van der Waals surface area contributed by atoms with E-state index in [2.05, 4.69) is 9.97 Å². The first-order chi connectivity index (χ1) is 11.4. The fraction of sp³-hybridized carbons (Fsp3) is 0.235. The fourth-order valence-electron chi connectivity index (χ4n) is 2.65. The van der Waals surface area contributed by atoms with E-state index in [-0.39, 0.29) is 5.97 Å². The summed E-state index contributed by atoms with van der Waals surface area (Å²) in [6, 6.07) is 3.84. The monoisotopic (exact) mass is 343 g/mol. The van der Waals surface area contributed by atoms with Gasteiger partial charge in [0.25, 0.3) is 5.91 Å². The van der Waals surface area contributed by atoms with E-state index in [0.717, 1.165) is 22.0 Å². The van der Waals surface area contributed by atoms with E-state index in [1.165, 1.54) is 11.3 Å². The molecular weight excluding hydrogens is 326 g/mol. The van der Waals surface area contributed by atoms with E-state index in [1.54, 1.807) is 20.0 Å². The standard InChI is InChI=1S/C17H17N3O3S/c1-4-23-17(22)14-9(3)20-16(24-14)10-5-8(2)13-11(6-10)12(7-19-13)15(18)21/h5-7,19H,4H2,1-3H3,(H2,18,21). The van der Waals surface area contributed by atoms with Gasteiger partial charge in [-0.1, -0.05) is 0 Å². The minimum absolute atomic E-state index is 0.321. The van der Waals surface area contributed by atoms with Gasteiger partial charge < -0.3 is 15.5 Å². The summed E-state index contributed by atoms with van der Waals surface area (Å²) in [5, 5.41) is 1.46. The van der Waals surface area contributed by atoms with Crippen molar-refractivity contribution >= 4 is 34.1 Å². The Morgan fingerprint density at radius 1 is 1.33 bits per heavy atom. The third-order valence-electron chi connectivity index (χ3n) is 3.76. The molecule has 2 heterocycles. The first-order valence-electron chi connectivity index (χ1n) is 7.48. The van der Waals surface area contributed by atoms with Crippen LogP contribution in [0.5, 0.6) is 0 Å². The highest BCUT2D eigenvalue weighted by Crippen LogP contribution is 2.33. The second kappa shape index (κ2) is 6.09. The predicted molar refractivity (Wildman–Crippen MR) is 93.4 cm³/mol. The summed E-state index contributed by atoms with van der Waals surface area (Å²) in [4.78, 5) is 31.6. The number of thiazole rings is 1. The van der Waals surface area contributed by atoms with E-state index in [9.17, 15) is 9.59 Å². The number of nitrogens with one attached hydrogen (secondary N) is 1. The normalized spacial score (nSPS) is 11.0. The van der Waals surface area contributed by atoms with Gasteiger partial charge in [-0.3, -0.25) is 4.79 Å². The summed E-state index contributed by atoms with van der Waals surface area (Å²) in [6.45, 7) is 5.81. The van der Waals surface area contributed by atoms with Crippen molar-refractivity contribution in [2.24, 2.45) is 5.73 Å². The average molecular weight is 343 g/mol. The number of carbonyl (C=O) groups excluding carboxylic acids is 2. The lowest BCUT2D eigenvalue weighted by atomic mass is 10.1. The number of aromatic nitrogens is 2. The Balaban J connectivity index is 2.13. The molecule has 0 saturated carbocycles. The summed E-state index contributed by atoms with van der Waals surface area (Å²) >= 11 is 1.28. The lowest BCUT2D eigenvalue weighted by Gasteiger charge is -2.02. The quantitative estimate of drug-likeness (QED) is 0.711. The number of fused-ring (bicyclic) bond motifs is 1. The minimum atomic E-state index is -0.486. The molecule has 0 fully saturated rings. The van der Waals surface area contributed by atoms with Crippen LogP contribution in [0.15, 0.2) is 18.3 Å². The van der Waals surface area contributed by atoms with Gasteiger partial charge in [-0.05, 0) is 38.5 Å². The van der Waals surface area contributed by atoms with E-state index >= 15 is 0 Å². The van der Waals surface area contributed by atoms with Crippen LogP contribution in [0.25, 0.3) is 21.5 Å². The molecule has 3 aromatic rings. The molecule has 6 nitrogen and oxygen atoms in total. The number of rotatable bonds is 4. The van der Waals surface area contributed by atoms with Gasteiger partial charge in [0.05, 0.1) is 17.9 Å². The van der Waals surface area contributed by atoms with Crippen molar-refractivity contribution < 1.29 is 14.3 Å². The summed E-state index contributed by atoms with van der Waals surface area (Å²) in [5.41, 5.74) is 9.18. The number of primary amides is 1. The van der Waals surface area contributed by atoms with Crippen LogP contribution in [0.3, 0.4) is 0 Å². The Bertz CT molecular complexity index is 956. The van der Waals surface area contributed by atoms with Gasteiger partial charge in [-0.15, -0.1) is 11.3 Å². The van der Waals surface area contributed by atoms with Crippen molar-refractivity contribution in [2.75, 3.05) is 6.61 Å². The Kier molecular flexibility index (Phi) is 4.11. The Morgan fingerprint density at radius 3 is 2.75 bits per heavy atom. The molecule has 0 aliphatic heterocycles. The first-order valence-corrected chi connectivity index (χ1v) is 8.30. The first kappa shape index (κ1) is 16.2. The van der Waals surface area contributed by atoms with Crippen molar-refractivity contribution in [3.05, 3.63) is 40.0 Å². The summed E-state index contributed by atoms with van der Waals surface area (Å²) in [5.74, 6) is -0.851. The number of hydrogen-bond acceptors (Lipinski definition) is 5. The molecule has 0 spiro atoms. The number of aromatic amines is 1. The van der Waals surface area contributed by atoms with Crippen molar-refractivity contribution in [3.8, 4) is 10.6 Å². The van der Waals surface area contributed by atoms with Crippen LogP contribution >= 0.6 is 11.3 Å². The van der Waals surface area contributed by atoms with Crippen LogP contribution in [-0.4, -0.2) is 28.5 Å². The highest BCUT2D eigenvalue weighted by Gasteiger charge is 2.19. The highest BCUT2D eigenvalue weighted by atomic mass is 32.1. The number of H-pyrrole nitrogens is 1. The number of ether oxygens (including phenoxy) is 1. The molecule has 0 bridgehead atoms. The molecule has 24 heavy (non-hydrogen) atoms. The number of benzene rings is 1. The van der Waals surface area contributed by atoms with Gasteiger partial charge in [0.15, 0.2) is 0 Å². The number of carbonyl (C=O) groups is 2. The molecule has 0 radical (unpaired) electrons. The van der Waals surface area contributed by atoms with Crippen LogP contribution in [0, 0.1) is 13.8 Å². The number of nitrogens with two attached hydrogens (primary N) is 1. The topological polar surface area (TPSA) is 98.1 Å². The van der Waals surface area contributed by atoms with Crippen LogP contribution in [-0.2, 0) is 4.74 Å². The molecule has 3 rings (SSSR count). The maximum Gasteiger partial charge on any atom is 0.350 e. The maximum atomic E-state index is 12.0. The van der Waals surface area contributed by atoms with Gasteiger partial charge in [-0.2, -0.15) is 0 Å². The lowest BCUT2D eigenvalue weighted by Crippen LogP contribution is -2.09. The molecule has 0 atom stereocenters. The molecule has 124 valence electrons. The van der Waals surface area contributed by atoms with Gasteiger partial charge in [-0.25, -0.2) is 9.78 Å². The van der Waals surface area contributed by atoms with E-state index < -0.39 is 5.91 Å². The van der Waals surface area contributed by atoms with Crippen LogP contribution in [0.4, 0.5) is 0 Å². The Labute approximate surface area is 142 Å². The van der Waals surface area contributed by atoms with Crippen molar-refractivity contribution in [1.29, 1.82) is 0 Å². The van der Waals surface area contributed by atoms with Gasteiger partial charge in [0.2, 0.25) is 0 Å². The van der Waals surface area contributed by atoms with E-state index in [0.29, 0.717) is 27.7 Å². The molecule has 0 aliphatic rings. The molecule has 1 amide bonds. The van der Waals surface area contributed by atoms with E-state index in [4.69, 9.17) is 10.5 Å². The molecule has 7 heteroatoms. The van der Waals surface area contributed by atoms with Crippen molar-refractivity contribution in [3.63, 3.8) is 0 Å². The molecule has 0 saturated heterocycles. The fourth-order valence-corrected chi connectivity index (χ4v) is 3.59. The zero-order valence-corrected chi connectivity index (χ0v) is 14.4. The van der Waals surface area contributed by atoms with Crippen molar-refractivity contribution in [2.45, 2.75) is 20.8 Å². The number of esters is 1. The highest BCUT2D eigenvalue weighted by molar-refractivity contribution is 7.17. The number of hydrogen-bond donors (Lipinski definition) is 2. The number of aryl methyl sites for hydroxylation is 2. The molecule has 0 unspecified atom stereocenters. The minimum Gasteiger partial charge on any atom is -0.462 e. The zero-order valence-electron chi connectivity index (χ0n) is 13.6. The number of amides is 1. The second-order valence-corrected chi connectivity index (χ2v) is 6.44. The molecule has 3 N–H and O–H groups in total. The van der Waals surface area contributed by atoms with Gasteiger partial charge in [0.1, 0.15) is 9.88 Å². The Hall–Kier alpha value is -2.67. The van der Waals surface area contributed by atoms with Crippen LogP contribution < -0.4 is 5.73 Å². The average Bonchev–Trinajstić information content (AvgIpc) is 3.11. The molecule has 1 aromatic carbocycles. The smallest absolute Gasteiger partial charge is 0.350 e. The largest absolute Gasteiger partial charge is 0.462 e. The van der Waals surface area contributed by atoms with Gasteiger partial charge >= 0.3 is 5.97 Å². The van der Waals surface area contributed by atoms with Crippen LogP contribution in [0.2, 0.25) is 0 Å². The third kappa shape index (κ3) is 2.67. The molecular formula is C17H17N3O3S. The SMILES string of the molecule is CCOC(=O)c1sc(-c2cc(C)c3[nH]cc(C(N)=O)c3c2)nc1C. The summed E-state index contributed by atoms with van der Waals surface area (Å²) in [7, 11) is 0. The number of nitrogens with zero attached hydrogens (tertiary/aromatic N) is 1. The lowest BCUT2D eigenvalue weighted by molar-refractivity contribution is 0.0531. The zero-order chi connectivity index (χ0) is 17.4. The molecule has 2 aromatic heterocycles. The molecule has 0 aliphatic carbocycles. The summed E-state index contributed by atoms with van der Waals surface area (Å²) < 4.78 is 5.06.